The maximum absolute atomic E-state index is 11.7. The van der Waals surface area contributed by atoms with E-state index in [2.05, 4.69) is 25.7 Å². The second kappa shape index (κ2) is 26.3. The maximum atomic E-state index is 11.7. The van der Waals surface area contributed by atoms with Gasteiger partial charge in [0.25, 0.3) is 0 Å². The fourth-order valence-corrected chi connectivity index (χ4v) is 4.40. The largest absolute Gasteiger partial charge is 1.00 e. The molecule has 1 unspecified atom stereocenters. The molecule has 0 aliphatic carbocycles. The van der Waals surface area contributed by atoms with Crippen molar-refractivity contribution in [2.24, 2.45) is 0 Å². The van der Waals surface area contributed by atoms with Gasteiger partial charge in [0, 0.05) is 6.04 Å². The molecule has 180 valence electrons. The zero-order chi connectivity index (χ0) is 22.3. The third-order valence-electron chi connectivity index (χ3n) is 6.37. The van der Waals surface area contributed by atoms with Gasteiger partial charge in [0.1, 0.15) is 0 Å². The molecular weight excluding hydrogens is 377 g/mol. The SMILES string of the molecule is CCCCCCCCCCCN(CCCCCCCCCCC)C(CCC)C(=O)[O-].[Li+]. The number of carboxylic acid groups (broad SMARTS) is 1. The van der Waals surface area contributed by atoms with Crippen LogP contribution in [0.4, 0.5) is 0 Å². The Morgan fingerprint density at radius 3 is 1.19 bits per heavy atom. The second-order valence-corrected chi connectivity index (χ2v) is 9.32. The molecule has 1 atom stereocenters. The molecule has 0 saturated carbocycles. The number of hydrogen-bond acceptors (Lipinski definition) is 3. The summed E-state index contributed by atoms with van der Waals surface area (Å²) in [6.45, 7) is 8.44. The van der Waals surface area contributed by atoms with Gasteiger partial charge in [-0.25, -0.2) is 0 Å². The van der Waals surface area contributed by atoms with Crippen LogP contribution in [0.1, 0.15) is 149 Å². The first-order chi connectivity index (χ1) is 14.7. The summed E-state index contributed by atoms with van der Waals surface area (Å²) in [7, 11) is 0. The number of unbranched alkanes of at least 4 members (excludes halogenated alkanes) is 16. The van der Waals surface area contributed by atoms with Crippen LogP contribution in [0.15, 0.2) is 0 Å². The summed E-state index contributed by atoms with van der Waals surface area (Å²) in [6, 6.07) is -0.391. The minimum absolute atomic E-state index is 0. The van der Waals surface area contributed by atoms with E-state index in [1.165, 1.54) is 103 Å². The third kappa shape index (κ3) is 21.6. The van der Waals surface area contributed by atoms with Gasteiger partial charge in [-0.05, 0) is 32.4 Å². The molecule has 0 aliphatic rings. The third-order valence-corrected chi connectivity index (χ3v) is 6.37. The molecule has 0 aromatic rings. The molecule has 3 nitrogen and oxygen atoms in total. The summed E-state index contributed by atoms with van der Waals surface area (Å²) in [4.78, 5) is 13.9. The first kappa shape index (κ1) is 33.2. The Morgan fingerprint density at radius 2 is 0.903 bits per heavy atom. The molecule has 0 bridgehead atoms. The number of carboxylic acids is 1. The van der Waals surface area contributed by atoms with E-state index in [4.69, 9.17) is 0 Å². The number of rotatable bonds is 24. The quantitative estimate of drug-likeness (QED) is 0.169. The van der Waals surface area contributed by atoms with E-state index < -0.39 is 12.0 Å². The van der Waals surface area contributed by atoms with Crippen molar-refractivity contribution in [3.8, 4) is 0 Å². The van der Waals surface area contributed by atoms with E-state index in [1.54, 1.807) is 0 Å². The van der Waals surface area contributed by atoms with Gasteiger partial charge >= 0.3 is 18.9 Å². The minimum Gasteiger partial charge on any atom is -0.548 e. The van der Waals surface area contributed by atoms with E-state index in [-0.39, 0.29) is 18.9 Å². The van der Waals surface area contributed by atoms with Gasteiger partial charge in [0.05, 0.1) is 5.97 Å². The van der Waals surface area contributed by atoms with Crippen LogP contribution in [0.2, 0.25) is 0 Å². The molecular formula is C27H54LiNO2. The van der Waals surface area contributed by atoms with Crippen molar-refractivity contribution >= 4 is 5.97 Å². The van der Waals surface area contributed by atoms with Crippen molar-refractivity contribution in [2.75, 3.05) is 13.1 Å². The molecule has 0 heterocycles. The fourth-order valence-electron chi connectivity index (χ4n) is 4.40. The molecule has 0 N–H and O–H groups in total. The van der Waals surface area contributed by atoms with Gasteiger partial charge in [-0.1, -0.05) is 130 Å². The van der Waals surface area contributed by atoms with Crippen LogP contribution in [-0.2, 0) is 4.79 Å². The van der Waals surface area contributed by atoms with Crippen LogP contribution in [0, 0.1) is 0 Å². The normalized spacial score (nSPS) is 12.1. The van der Waals surface area contributed by atoms with Gasteiger partial charge in [-0.15, -0.1) is 0 Å². The molecule has 0 aliphatic heterocycles. The molecule has 0 rings (SSSR count). The van der Waals surface area contributed by atoms with E-state index in [0.717, 1.165) is 38.8 Å². The summed E-state index contributed by atoms with van der Waals surface area (Å²) >= 11 is 0. The smallest absolute Gasteiger partial charge is 0.548 e. The molecule has 4 heteroatoms. The van der Waals surface area contributed by atoms with E-state index in [1.807, 2.05) is 0 Å². The second-order valence-electron chi connectivity index (χ2n) is 9.32. The summed E-state index contributed by atoms with van der Waals surface area (Å²) in [5.74, 6) is -0.872. The Kier molecular flexibility index (Phi) is 28.1. The van der Waals surface area contributed by atoms with E-state index in [9.17, 15) is 9.90 Å². The first-order valence-electron chi connectivity index (χ1n) is 13.6. The summed E-state index contributed by atoms with van der Waals surface area (Å²) in [6.07, 6.45) is 25.2. The van der Waals surface area contributed by atoms with Crippen molar-refractivity contribution in [3.63, 3.8) is 0 Å². The van der Waals surface area contributed by atoms with Crippen LogP contribution < -0.4 is 24.0 Å². The first-order valence-corrected chi connectivity index (χ1v) is 13.6. The average molecular weight is 432 g/mol. The minimum atomic E-state index is -0.872. The topological polar surface area (TPSA) is 43.4 Å². The van der Waals surface area contributed by atoms with Gasteiger partial charge in [-0.3, -0.25) is 4.90 Å². The Labute approximate surface area is 207 Å². The number of aliphatic carboxylic acids is 1. The Hall–Kier alpha value is 0.0274. The zero-order valence-electron chi connectivity index (χ0n) is 21.9. The van der Waals surface area contributed by atoms with Crippen LogP contribution in [0.5, 0.6) is 0 Å². The number of carbonyl (C=O) groups excluding carboxylic acids is 1. The van der Waals surface area contributed by atoms with Gasteiger partial charge in [0.2, 0.25) is 0 Å². The van der Waals surface area contributed by atoms with Crippen LogP contribution in [-0.4, -0.2) is 30.0 Å². The summed E-state index contributed by atoms with van der Waals surface area (Å²) < 4.78 is 0. The van der Waals surface area contributed by atoms with Crippen LogP contribution in [0.25, 0.3) is 0 Å². The molecule has 31 heavy (non-hydrogen) atoms. The fraction of sp³-hybridized carbons (Fsp3) is 0.963. The Morgan fingerprint density at radius 1 is 0.581 bits per heavy atom. The predicted octanol–water partition coefficient (Wildman–Crippen LogP) is 4.27. The monoisotopic (exact) mass is 431 g/mol. The van der Waals surface area contributed by atoms with Crippen molar-refractivity contribution in [1.29, 1.82) is 0 Å². The average Bonchev–Trinajstić information content (AvgIpc) is 2.73. The van der Waals surface area contributed by atoms with Crippen LogP contribution in [0.3, 0.4) is 0 Å². The summed E-state index contributed by atoms with van der Waals surface area (Å²) in [5, 5.41) is 11.7. The van der Waals surface area contributed by atoms with Crippen molar-refractivity contribution in [1.82, 2.24) is 4.90 Å². The van der Waals surface area contributed by atoms with E-state index >= 15 is 0 Å². The molecule has 0 radical (unpaired) electrons. The van der Waals surface area contributed by atoms with Crippen molar-refractivity contribution in [2.45, 2.75) is 155 Å². The number of hydrogen-bond donors (Lipinski definition) is 0. The van der Waals surface area contributed by atoms with Gasteiger partial charge in [0.15, 0.2) is 0 Å². The van der Waals surface area contributed by atoms with Gasteiger partial charge in [-0.2, -0.15) is 0 Å². The van der Waals surface area contributed by atoms with Gasteiger partial charge < -0.3 is 9.90 Å². The number of carbonyl (C=O) groups is 1. The molecule has 0 fully saturated rings. The molecule has 0 aromatic carbocycles. The van der Waals surface area contributed by atoms with E-state index in [0.29, 0.717) is 0 Å². The maximum Gasteiger partial charge on any atom is 1.00 e. The zero-order valence-corrected chi connectivity index (χ0v) is 21.9. The molecule has 0 saturated heterocycles. The summed E-state index contributed by atoms with van der Waals surface area (Å²) in [5.41, 5.74) is 0. The molecule has 0 spiro atoms. The number of nitrogens with zero attached hydrogens (tertiary/aromatic N) is 1. The van der Waals surface area contributed by atoms with Crippen molar-refractivity contribution in [3.05, 3.63) is 0 Å². The molecule has 0 amide bonds. The standard InChI is InChI=1S/C27H55NO2.Li/c1-4-7-9-11-13-15-17-19-21-24-28(26(23-6-3)27(29)30)25-22-20-18-16-14-12-10-8-5-2;/h26H,4-25H2,1-3H3,(H,29,30);/q;+1/p-1. The Balaban J connectivity index is 0. The predicted molar refractivity (Wildman–Crippen MR) is 130 cm³/mol. The molecule has 0 aromatic heterocycles. The Bertz CT molecular complexity index is 343. The van der Waals surface area contributed by atoms with Crippen molar-refractivity contribution < 1.29 is 28.8 Å². The van der Waals surface area contributed by atoms with Crippen LogP contribution >= 0.6 is 0 Å².